The lowest BCUT2D eigenvalue weighted by Crippen LogP contribution is -2.23. The first-order valence-corrected chi connectivity index (χ1v) is 8.15. The van der Waals surface area contributed by atoms with Crippen LogP contribution in [0.25, 0.3) is 0 Å². The van der Waals surface area contributed by atoms with Crippen molar-refractivity contribution >= 4 is 33.2 Å². The summed E-state index contributed by atoms with van der Waals surface area (Å²) in [5.41, 5.74) is 0.980. The Morgan fingerprint density at radius 1 is 1.47 bits per heavy atom. The second-order valence-electron chi connectivity index (χ2n) is 5.28. The average molecular weight is 347 g/mol. The SMILES string of the molecule is CCOc1c(Br)cc(Cl)cc1NC(C)CC1CCC1. The molecule has 19 heavy (non-hydrogen) atoms. The number of anilines is 1. The first-order valence-electron chi connectivity index (χ1n) is 6.98. The van der Waals surface area contributed by atoms with Crippen molar-refractivity contribution in [1.82, 2.24) is 0 Å². The van der Waals surface area contributed by atoms with Gasteiger partial charge in [-0.15, -0.1) is 0 Å². The van der Waals surface area contributed by atoms with Gasteiger partial charge in [-0.2, -0.15) is 0 Å². The monoisotopic (exact) mass is 345 g/mol. The first-order chi connectivity index (χ1) is 9.10. The molecule has 0 amide bonds. The molecule has 4 heteroatoms. The van der Waals surface area contributed by atoms with Gasteiger partial charge in [-0.3, -0.25) is 0 Å². The third-order valence-corrected chi connectivity index (χ3v) is 4.42. The van der Waals surface area contributed by atoms with Gasteiger partial charge in [-0.05, 0) is 54.2 Å². The van der Waals surface area contributed by atoms with E-state index >= 15 is 0 Å². The molecule has 0 heterocycles. The van der Waals surface area contributed by atoms with Gasteiger partial charge in [0.25, 0.3) is 0 Å². The lowest BCUT2D eigenvalue weighted by atomic mass is 9.81. The van der Waals surface area contributed by atoms with Gasteiger partial charge in [0.05, 0.1) is 16.8 Å². The number of hydrogen-bond donors (Lipinski definition) is 1. The van der Waals surface area contributed by atoms with Crippen LogP contribution in [0.5, 0.6) is 5.75 Å². The average Bonchev–Trinajstić information content (AvgIpc) is 2.28. The van der Waals surface area contributed by atoms with Gasteiger partial charge >= 0.3 is 0 Å². The van der Waals surface area contributed by atoms with E-state index in [1.165, 1.54) is 25.7 Å². The van der Waals surface area contributed by atoms with Gasteiger partial charge < -0.3 is 10.1 Å². The summed E-state index contributed by atoms with van der Waals surface area (Å²) in [7, 11) is 0. The molecule has 0 aromatic heterocycles. The van der Waals surface area contributed by atoms with Crippen LogP contribution in [0.15, 0.2) is 16.6 Å². The van der Waals surface area contributed by atoms with Crippen LogP contribution in [0.2, 0.25) is 5.02 Å². The predicted octanol–water partition coefficient (Wildman–Crippen LogP) is 5.49. The Hall–Kier alpha value is -0.410. The second-order valence-corrected chi connectivity index (χ2v) is 6.57. The summed E-state index contributed by atoms with van der Waals surface area (Å²) in [6, 6.07) is 4.25. The molecule has 1 fully saturated rings. The summed E-state index contributed by atoms with van der Waals surface area (Å²) in [5, 5.41) is 4.25. The molecule has 106 valence electrons. The maximum Gasteiger partial charge on any atom is 0.156 e. The van der Waals surface area contributed by atoms with Crippen LogP contribution in [0.1, 0.15) is 39.5 Å². The lowest BCUT2D eigenvalue weighted by Gasteiger charge is -2.29. The number of nitrogens with one attached hydrogen (secondary N) is 1. The van der Waals surface area contributed by atoms with Gasteiger partial charge in [0, 0.05) is 11.1 Å². The van der Waals surface area contributed by atoms with Crippen molar-refractivity contribution in [2.45, 2.75) is 45.6 Å². The van der Waals surface area contributed by atoms with Crippen LogP contribution in [0, 0.1) is 5.92 Å². The summed E-state index contributed by atoms with van der Waals surface area (Å²) in [4.78, 5) is 0. The van der Waals surface area contributed by atoms with E-state index < -0.39 is 0 Å². The largest absolute Gasteiger partial charge is 0.491 e. The zero-order valence-corrected chi connectivity index (χ0v) is 13.9. The van der Waals surface area contributed by atoms with E-state index in [0.29, 0.717) is 17.7 Å². The van der Waals surface area contributed by atoms with Gasteiger partial charge in [0.2, 0.25) is 0 Å². The van der Waals surface area contributed by atoms with Crippen LogP contribution < -0.4 is 10.1 Å². The van der Waals surface area contributed by atoms with Crippen molar-refractivity contribution in [3.05, 3.63) is 21.6 Å². The molecule has 0 radical (unpaired) electrons. The van der Waals surface area contributed by atoms with Crippen molar-refractivity contribution in [1.29, 1.82) is 0 Å². The molecule has 1 aliphatic rings. The molecule has 0 bridgehead atoms. The van der Waals surface area contributed by atoms with E-state index in [4.69, 9.17) is 16.3 Å². The maximum atomic E-state index is 6.12. The van der Waals surface area contributed by atoms with Crippen LogP contribution >= 0.6 is 27.5 Å². The standard InChI is InChI=1S/C15H21BrClNO/c1-3-19-15-13(16)8-12(17)9-14(15)18-10(2)7-11-5-4-6-11/h8-11,18H,3-7H2,1-2H3. The van der Waals surface area contributed by atoms with Crippen molar-refractivity contribution < 1.29 is 4.74 Å². The molecule has 1 aromatic carbocycles. The summed E-state index contributed by atoms with van der Waals surface area (Å²) in [6.07, 6.45) is 5.37. The number of hydrogen-bond acceptors (Lipinski definition) is 2. The smallest absolute Gasteiger partial charge is 0.156 e. The van der Waals surface area contributed by atoms with E-state index in [1.54, 1.807) is 0 Å². The van der Waals surface area contributed by atoms with Crippen LogP contribution in [-0.2, 0) is 0 Å². The fourth-order valence-corrected chi connectivity index (χ4v) is 3.44. The minimum absolute atomic E-state index is 0.440. The van der Waals surface area contributed by atoms with Crippen LogP contribution in [0.3, 0.4) is 0 Å². The summed E-state index contributed by atoms with van der Waals surface area (Å²) in [5.74, 6) is 1.74. The third kappa shape index (κ3) is 4.03. The van der Waals surface area contributed by atoms with E-state index in [0.717, 1.165) is 21.8 Å². The Labute approximate surface area is 129 Å². The zero-order chi connectivity index (χ0) is 13.8. The van der Waals surface area contributed by atoms with Crippen molar-refractivity contribution in [2.75, 3.05) is 11.9 Å². The molecule has 1 N–H and O–H groups in total. The quantitative estimate of drug-likeness (QED) is 0.735. The molecule has 2 nitrogen and oxygen atoms in total. The molecule has 1 aliphatic carbocycles. The van der Waals surface area contributed by atoms with Crippen molar-refractivity contribution in [3.8, 4) is 5.75 Å². The molecule has 1 saturated carbocycles. The number of ether oxygens (including phenoxy) is 1. The summed E-state index contributed by atoms with van der Waals surface area (Å²) < 4.78 is 6.60. The normalized spacial score (nSPS) is 16.8. The molecule has 0 aliphatic heterocycles. The fraction of sp³-hybridized carbons (Fsp3) is 0.600. The minimum atomic E-state index is 0.440. The molecule has 1 atom stereocenters. The van der Waals surface area contributed by atoms with E-state index in [2.05, 4.69) is 28.2 Å². The van der Waals surface area contributed by atoms with Crippen molar-refractivity contribution in [3.63, 3.8) is 0 Å². The second kappa shape index (κ2) is 6.85. The molecular weight excluding hydrogens is 326 g/mol. The highest BCUT2D eigenvalue weighted by molar-refractivity contribution is 9.10. The number of rotatable bonds is 6. The summed E-state index contributed by atoms with van der Waals surface area (Å²) >= 11 is 9.64. The van der Waals surface area contributed by atoms with E-state index in [1.807, 2.05) is 19.1 Å². The fourth-order valence-electron chi connectivity index (χ4n) is 2.51. The van der Waals surface area contributed by atoms with Crippen LogP contribution in [0.4, 0.5) is 5.69 Å². The Bertz CT molecular complexity index is 434. The highest BCUT2D eigenvalue weighted by Crippen LogP contribution is 2.38. The van der Waals surface area contributed by atoms with E-state index in [-0.39, 0.29) is 0 Å². The van der Waals surface area contributed by atoms with Gasteiger partial charge in [0.1, 0.15) is 0 Å². The predicted molar refractivity (Wildman–Crippen MR) is 85.4 cm³/mol. The van der Waals surface area contributed by atoms with Gasteiger partial charge in [0.15, 0.2) is 5.75 Å². The van der Waals surface area contributed by atoms with Gasteiger partial charge in [-0.25, -0.2) is 0 Å². The Morgan fingerprint density at radius 2 is 2.21 bits per heavy atom. The molecular formula is C15H21BrClNO. The summed E-state index contributed by atoms with van der Waals surface area (Å²) in [6.45, 7) is 4.86. The Kier molecular flexibility index (Phi) is 5.40. The third-order valence-electron chi connectivity index (χ3n) is 3.61. The van der Waals surface area contributed by atoms with Gasteiger partial charge in [-0.1, -0.05) is 30.9 Å². The number of benzene rings is 1. The Balaban J connectivity index is 2.08. The molecule has 2 rings (SSSR count). The zero-order valence-electron chi connectivity index (χ0n) is 11.5. The van der Waals surface area contributed by atoms with Crippen LogP contribution in [-0.4, -0.2) is 12.6 Å². The highest BCUT2D eigenvalue weighted by atomic mass is 79.9. The molecule has 1 aromatic rings. The Morgan fingerprint density at radius 3 is 2.79 bits per heavy atom. The highest BCUT2D eigenvalue weighted by Gasteiger charge is 2.21. The first kappa shape index (κ1) is 15.0. The topological polar surface area (TPSA) is 21.3 Å². The molecule has 1 unspecified atom stereocenters. The number of halogens is 2. The maximum absolute atomic E-state index is 6.12. The molecule has 0 spiro atoms. The molecule has 0 saturated heterocycles. The minimum Gasteiger partial charge on any atom is -0.491 e. The van der Waals surface area contributed by atoms with Crippen molar-refractivity contribution in [2.24, 2.45) is 5.92 Å². The van der Waals surface area contributed by atoms with E-state index in [9.17, 15) is 0 Å². The lowest BCUT2D eigenvalue weighted by molar-refractivity contribution is 0.285.